The van der Waals surface area contributed by atoms with Gasteiger partial charge in [-0.1, -0.05) is 6.07 Å². The number of carbonyl (C=O) groups is 1. The summed E-state index contributed by atoms with van der Waals surface area (Å²) < 4.78 is 5.29. The summed E-state index contributed by atoms with van der Waals surface area (Å²) in [5, 5.41) is 0. The average Bonchev–Trinajstić information content (AvgIpc) is 2.48. The average molecular weight is 291 g/mol. The number of hydrogen-bond donors (Lipinski definition) is 1. The zero-order valence-electron chi connectivity index (χ0n) is 13.1. The number of rotatable bonds is 4. The molecule has 0 bridgehead atoms. The van der Waals surface area contributed by atoms with Crippen LogP contribution in [0.3, 0.4) is 0 Å². The molecular weight excluding hydrogens is 266 g/mol. The van der Waals surface area contributed by atoms with E-state index in [1.807, 2.05) is 12.1 Å². The van der Waals surface area contributed by atoms with Crippen molar-refractivity contribution in [3.63, 3.8) is 0 Å². The molecule has 5 heteroatoms. The molecule has 1 fully saturated rings. The summed E-state index contributed by atoms with van der Waals surface area (Å²) in [5.74, 6) is 1.44. The number of carbonyl (C=O) groups excluding carboxylic acids is 1. The molecule has 2 N–H and O–H groups in total. The Bertz CT molecular complexity index is 494. The smallest absolute Gasteiger partial charge is 0.236 e. The zero-order valence-corrected chi connectivity index (χ0v) is 13.1. The van der Waals surface area contributed by atoms with Crippen LogP contribution in [0, 0.1) is 0 Å². The second kappa shape index (κ2) is 6.80. The first-order valence-corrected chi connectivity index (χ1v) is 7.37. The van der Waals surface area contributed by atoms with Crippen LogP contribution < -0.4 is 10.5 Å². The lowest BCUT2D eigenvalue weighted by atomic mass is 9.89. The normalized spacial score (nSPS) is 16.7. The maximum atomic E-state index is 11.7. The van der Waals surface area contributed by atoms with E-state index >= 15 is 0 Å². The van der Waals surface area contributed by atoms with Crippen molar-refractivity contribution in [2.75, 3.05) is 46.6 Å². The number of nitrogens with zero attached hydrogens (tertiary/aromatic N) is 2. The van der Waals surface area contributed by atoms with Crippen LogP contribution in [0.4, 0.5) is 5.69 Å². The van der Waals surface area contributed by atoms with Crippen LogP contribution in [0.15, 0.2) is 18.2 Å². The molecule has 0 saturated carbocycles. The van der Waals surface area contributed by atoms with Gasteiger partial charge in [-0.25, -0.2) is 0 Å². The molecule has 2 rings (SSSR count). The summed E-state index contributed by atoms with van der Waals surface area (Å²) in [5.41, 5.74) is 7.81. The number of piperidine rings is 1. The Morgan fingerprint density at radius 2 is 2.05 bits per heavy atom. The van der Waals surface area contributed by atoms with Crippen LogP contribution in [0.25, 0.3) is 0 Å². The SMILES string of the molecule is COc1cc(C2CCN(CC(=O)N(C)C)CC2)ccc1N. The summed E-state index contributed by atoms with van der Waals surface area (Å²) in [6, 6.07) is 6.04. The molecule has 0 atom stereocenters. The Morgan fingerprint density at radius 1 is 1.38 bits per heavy atom. The van der Waals surface area contributed by atoms with Crippen LogP contribution >= 0.6 is 0 Å². The van der Waals surface area contributed by atoms with Gasteiger partial charge < -0.3 is 15.4 Å². The Hall–Kier alpha value is -1.75. The third kappa shape index (κ3) is 3.88. The Balaban J connectivity index is 1.93. The third-order valence-corrected chi connectivity index (χ3v) is 4.17. The van der Waals surface area contributed by atoms with Gasteiger partial charge in [-0.15, -0.1) is 0 Å². The molecule has 0 aliphatic carbocycles. The predicted molar refractivity (Wildman–Crippen MR) is 84.5 cm³/mol. The second-order valence-electron chi connectivity index (χ2n) is 5.84. The monoisotopic (exact) mass is 291 g/mol. The first-order valence-electron chi connectivity index (χ1n) is 7.37. The largest absolute Gasteiger partial charge is 0.495 e. The molecule has 1 saturated heterocycles. The van der Waals surface area contributed by atoms with Gasteiger partial charge in [0.2, 0.25) is 5.91 Å². The maximum absolute atomic E-state index is 11.7. The summed E-state index contributed by atoms with van der Waals surface area (Å²) in [6.45, 7) is 2.43. The number of nitrogens with two attached hydrogens (primary N) is 1. The third-order valence-electron chi connectivity index (χ3n) is 4.17. The highest BCUT2D eigenvalue weighted by Crippen LogP contribution is 2.32. The van der Waals surface area contributed by atoms with Crippen LogP contribution in [-0.4, -0.2) is 56.5 Å². The van der Waals surface area contributed by atoms with Crippen molar-refractivity contribution in [2.45, 2.75) is 18.8 Å². The fourth-order valence-electron chi connectivity index (χ4n) is 2.74. The molecule has 21 heavy (non-hydrogen) atoms. The summed E-state index contributed by atoms with van der Waals surface area (Å²) >= 11 is 0. The highest BCUT2D eigenvalue weighted by Gasteiger charge is 2.23. The van der Waals surface area contributed by atoms with Crippen molar-refractivity contribution < 1.29 is 9.53 Å². The van der Waals surface area contributed by atoms with Crippen LogP contribution in [0.5, 0.6) is 5.75 Å². The minimum Gasteiger partial charge on any atom is -0.495 e. The molecule has 1 aromatic rings. The topological polar surface area (TPSA) is 58.8 Å². The summed E-state index contributed by atoms with van der Waals surface area (Å²) in [4.78, 5) is 15.6. The zero-order chi connectivity index (χ0) is 15.4. The van der Waals surface area contributed by atoms with Crippen LogP contribution in [-0.2, 0) is 4.79 Å². The van der Waals surface area contributed by atoms with Gasteiger partial charge in [0.1, 0.15) is 5.75 Å². The molecule has 5 nitrogen and oxygen atoms in total. The van der Waals surface area contributed by atoms with E-state index in [1.165, 1.54) is 5.56 Å². The van der Waals surface area contributed by atoms with E-state index in [4.69, 9.17) is 10.5 Å². The Labute approximate surface area is 126 Å². The van der Waals surface area contributed by atoms with Gasteiger partial charge in [-0.3, -0.25) is 9.69 Å². The van der Waals surface area contributed by atoms with Crippen molar-refractivity contribution in [2.24, 2.45) is 0 Å². The molecule has 116 valence electrons. The molecule has 1 aromatic carbocycles. The number of nitrogen functional groups attached to an aromatic ring is 1. The van der Waals surface area contributed by atoms with Gasteiger partial charge in [0, 0.05) is 14.1 Å². The number of hydrogen-bond acceptors (Lipinski definition) is 4. The van der Waals surface area contributed by atoms with E-state index in [2.05, 4.69) is 11.0 Å². The van der Waals surface area contributed by atoms with Gasteiger partial charge in [0.15, 0.2) is 0 Å². The lowest BCUT2D eigenvalue weighted by molar-refractivity contribution is -0.130. The first-order chi connectivity index (χ1) is 10.0. The lowest BCUT2D eigenvalue weighted by Gasteiger charge is -2.32. The minimum atomic E-state index is 0.169. The minimum absolute atomic E-state index is 0.169. The van der Waals surface area contributed by atoms with Gasteiger partial charge in [0.25, 0.3) is 0 Å². The van der Waals surface area contributed by atoms with E-state index < -0.39 is 0 Å². The van der Waals surface area contributed by atoms with Crippen molar-refractivity contribution in [1.82, 2.24) is 9.80 Å². The van der Waals surface area contributed by atoms with E-state index in [0.717, 1.165) is 31.7 Å². The molecular formula is C16H25N3O2. The number of benzene rings is 1. The molecule has 0 radical (unpaired) electrons. The first kappa shape index (κ1) is 15.6. The maximum Gasteiger partial charge on any atom is 0.236 e. The Kier molecular flexibility index (Phi) is 5.07. The molecule has 0 unspecified atom stereocenters. The molecule has 1 aliphatic heterocycles. The number of likely N-dealkylation sites (tertiary alicyclic amines) is 1. The standard InChI is InChI=1S/C16H25N3O2/c1-18(2)16(20)11-19-8-6-12(7-9-19)13-4-5-14(17)15(10-13)21-3/h4-5,10,12H,6-9,11,17H2,1-3H3. The van der Waals surface area contributed by atoms with Gasteiger partial charge in [-0.05, 0) is 49.5 Å². The van der Waals surface area contributed by atoms with E-state index in [1.54, 1.807) is 26.1 Å². The molecule has 1 amide bonds. The molecule has 1 heterocycles. The summed E-state index contributed by atoms with van der Waals surface area (Å²) in [6.07, 6.45) is 2.13. The molecule has 0 aromatic heterocycles. The number of anilines is 1. The van der Waals surface area contributed by atoms with Crippen LogP contribution in [0.2, 0.25) is 0 Å². The number of methoxy groups -OCH3 is 1. The highest BCUT2D eigenvalue weighted by molar-refractivity contribution is 5.77. The van der Waals surface area contributed by atoms with Crippen molar-refractivity contribution in [3.05, 3.63) is 23.8 Å². The van der Waals surface area contributed by atoms with Gasteiger partial charge in [0.05, 0.1) is 19.3 Å². The van der Waals surface area contributed by atoms with E-state index in [-0.39, 0.29) is 5.91 Å². The van der Waals surface area contributed by atoms with E-state index in [0.29, 0.717) is 18.2 Å². The van der Waals surface area contributed by atoms with E-state index in [9.17, 15) is 4.79 Å². The molecule has 1 aliphatic rings. The fourth-order valence-corrected chi connectivity index (χ4v) is 2.74. The number of likely N-dealkylation sites (N-methyl/N-ethyl adjacent to an activating group) is 1. The fraction of sp³-hybridized carbons (Fsp3) is 0.562. The predicted octanol–water partition coefficient (Wildman–Crippen LogP) is 1.54. The number of amides is 1. The van der Waals surface area contributed by atoms with Crippen LogP contribution in [0.1, 0.15) is 24.3 Å². The van der Waals surface area contributed by atoms with Crippen molar-refractivity contribution >= 4 is 11.6 Å². The molecule has 0 spiro atoms. The van der Waals surface area contributed by atoms with Gasteiger partial charge >= 0.3 is 0 Å². The summed E-state index contributed by atoms with van der Waals surface area (Å²) in [7, 11) is 5.25. The Morgan fingerprint density at radius 3 is 2.62 bits per heavy atom. The van der Waals surface area contributed by atoms with Gasteiger partial charge in [-0.2, -0.15) is 0 Å². The highest BCUT2D eigenvalue weighted by atomic mass is 16.5. The lowest BCUT2D eigenvalue weighted by Crippen LogP contribution is -2.40. The van der Waals surface area contributed by atoms with Crippen molar-refractivity contribution in [1.29, 1.82) is 0 Å². The number of ether oxygens (including phenoxy) is 1. The van der Waals surface area contributed by atoms with Crippen molar-refractivity contribution in [3.8, 4) is 5.75 Å². The quantitative estimate of drug-likeness (QED) is 0.855. The second-order valence-corrected chi connectivity index (χ2v) is 5.84.